The highest BCUT2D eigenvalue weighted by molar-refractivity contribution is 5.69. The number of ether oxygens (including phenoxy) is 5. The van der Waals surface area contributed by atoms with Gasteiger partial charge in [0.1, 0.15) is 12.7 Å². The number of esters is 2. The highest BCUT2D eigenvalue weighted by atomic mass is 16.6. The Morgan fingerprint density at radius 2 is 0.846 bits per heavy atom. The van der Waals surface area contributed by atoms with Gasteiger partial charge in [-0.25, -0.2) is 0 Å². The van der Waals surface area contributed by atoms with E-state index in [9.17, 15) is 9.59 Å². The van der Waals surface area contributed by atoms with E-state index in [4.69, 9.17) is 28.8 Å². The maximum Gasteiger partial charge on any atom is 0.306 e. The van der Waals surface area contributed by atoms with Crippen molar-refractivity contribution < 1.29 is 38.4 Å². The summed E-state index contributed by atoms with van der Waals surface area (Å²) in [6.45, 7) is 7.28. The third kappa shape index (κ3) is 41.3. The predicted molar refractivity (Wildman–Crippen MR) is 215 cm³/mol. The van der Waals surface area contributed by atoms with Crippen LogP contribution in [0, 0.1) is 0 Å². The number of allylic oxidation sites excluding steroid dienone is 2. The normalized spacial score (nSPS) is 12.1. The third-order valence-electron chi connectivity index (χ3n) is 9.45. The maximum atomic E-state index is 12.7. The lowest BCUT2D eigenvalue weighted by molar-refractivity contribution is -0.150. The molecule has 0 aliphatic carbocycles. The largest absolute Gasteiger partial charge is 0.463 e. The van der Waals surface area contributed by atoms with Crippen molar-refractivity contribution in [2.24, 2.45) is 0 Å². The minimum Gasteiger partial charge on any atom is -0.463 e. The maximum absolute atomic E-state index is 12.7. The lowest BCUT2D eigenvalue weighted by Gasteiger charge is -2.18. The molecule has 0 spiro atoms. The Morgan fingerprint density at radius 3 is 1.33 bits per heavy atom. The molecule has 0 aromatic rings. The van der Waals surface area contributed by atoms with Crippen LogP contribution < -0.4 is 0 Å². The van der Waals surface area contributed by atoms with Crippen molar-refractivity contribution in [3.8, 4) is 0 Å². The smallest absolute Gasteiger partial charge is 0.306 e. The summed E-state index contributed by atoms with van der Waals surface area (Å²) >= 11 is 0. The van der Waals surface area contributed by atoms with Crippen molar-refractivity contribution in [3.05, 3.63) is 12.2 Å². The second-order valence-corrected chi connectivity index (χ2v) is 14.4. The molecule has 0 saturated carbocycles. The zero-order chi connectivity index (χ0) is 37.8. The molecule has 0 aliphatic rings. The van der Waals surface area contributed by atoms with E-state index in [2.05, 4.69) is 26.0 Å². The molecular formula is C44H84O8. The van der Waals surface area contributed by atoms with Crippen LogP contribution in [-0.2, 0) is 33.3 Å². The predicted octanol–water partition coefficient (Wildman–Crippen LogP) is 11.4. The Bertz CT molecular complexity index is 759. The zero-order valence-corrected chi connectivity index (χ0v) is 34.2. The van der Waals surface area contributed by atoms with E-state index in [0.717, 1.165) is 64.2 Å². The molecule has 0 aromatic carbocycles. The molecule has 1 unspecified atom stereocenters. The van der Waals surface area contributed by atoms with Gasteiger partial charge in [-0.3, -0.25) is 9.59 Å². The van der Waals surface area contributed by atoms with Crippen LogP contribution in [-0.4, -0.2) is 76.0 Å². The molecule has 0 amide bonds. The topological polar surface area (TPSA) is 101 Å². The summed E-state index contributed by atoms with van der Waals surface area (Å²) in [5.74, 6) is -0.183. The number of aliphatic hydroxyl groups excluding tert-OH is 1. The van der Waals surface area contributed by atoms with E-state index in [-0.39, 0.29) is 31.3 Å². The van der Waals surface area contributed by atoms with Crippen molar-refractivity contribution in [2.75, 3.05) is 52.9 Å². The molecule has 0 fully saturated rings. The fourth-order valence-corrected chi connectivity index (χ4v) is 6.24. The van der Waals surface area contributed by atoms with Crippen molar-refractivity contribution >= 4 is 11.9 Å². The van der Waals surface area contributed by atoms with E-state index >= 15 is 0 Å². The van der Waals surface area contributed by atoms with Crippen LogP contribution in [0.3, 0.4) is 0 Å². The van der Waals surface area contributed by atoms with Gasteiger partial charge in [0.05, 0.1) is 46.2 Å². The van der Waals surface area contributed by atoms with Gasteiger partial charge < -0.3 is 28.8 Å². The van der Waals surface area contributed by atoms with E-state index in [1.807, 2.05) is 0 Å². The standard InChI is InChI=1S/C44H84O8/c1-3-5-7-9-11-12-13-14-15-16-17-18-20-24-29-33-44(47)52-42(30-26-22-19-10-8-6-4-2)31-27-23-21-25-28-32-43(46)51-41-40-50-39-38-49-37-36-48-35-34-45/h14-15,42,45H,3-13,16-41H2,1-2H3/b15-14+. The quantitative estimate of drug-likeness (QED) is 0.0375. The molecule has 0 aromatic heterocycles. The van der Waals surface area contributed by atoms with Crippen molar-refractivity contribution in [2.45, 2.75) is 206 Å². The molecule has 0 saturated heterocycles. The Kier molecular flexibility index (Phi) is 42.7. The molecule has 0 aliphatic heterocycles. The zero-order valence-electron chi connectivity index (χ0n) is 34.2. The monoisotopic (exact) mass is 741 g/mol. The first kappa shape index (κ1) is 50.5. The molecule has 8 nitrogen and oxygen atoms in total. The molecule has 1 N–H and O–H groups in total. The van der Waals surface area contributed by atoms with Crippen LogP contribution in [0.5, 0.6) is 0 Å². The minimum atomic E-state index is -0.172. The van der Waals surface area contributed by atoms with Crippen molar-refractivity contribution in [3.63, 3.8) is 0 Å². The summed E-state index contributed by atoms with van der Waals surface area (Å²) in [5, 5.41) is 8.64. The van der Waals surface area contributed by atoms with Gasteiger partial charge in [-0.15, -0.1) is 0 Å². The van der Waals surface area contributed by atoms with E-state index in [0.29, 0.717) is 52.5 Å². The first-order valence-electron chi connectivity index (χ1n) is 22.0. The van der Waals surface area contributed by atoms with Gasteiger partial charge in [0.2, 0.25) is 0 Å². The lowest BCUT2D eigenvalue weighted by atomic mass is 10.0. The molecule has 8 heteroatoms. The number of carbonyl (C=O) groups is 2. The fraction of sp³-hybridized carbons (Fsp3) is 0.909. The fourth-order valence-electron chi connectivity index (χ4n) is 6.24. The Labute approximate surface area is 320 Å². The summed E-state index contributed by atoms with van der Waals surface area (Å²) in [6, 6.07) is 0. The molecule has 52 heavy (non-hydrogen) atoms. The summed E-state index contributed by atoms with van der Waals surface area (Å²) in [6.07, 6.45) is 38.0. The van der Waals surface area contributed by atoms with Gasteiger partial charge in [-0.1, -0.05) is 135 Å². The third-order valence-corrected chi connectivity index (χ3v) is 9.45. The molecule has 0 heterocycles. The highest BCUT2D eigenvalue weighted by Crippen LogP contribution is 2.19. The van der Waals surface area contributed by atoms with Crippen LogP contribution >= 0.6 is 0 Å². The number of unbranched alkanes of at least 4 members (excludes halogenated alkanes) is 21. The number of aliphatic hydroxyl groups is 1. The van der Waals surface area contributed by atoms with Crippen LogP contribution in [0.25, 0.3) is 0 Å². The van der Waals surface area contributed by atoms with Crippen molar-refractivity contribution in [1.29, 1.82) is 0 Å². The SMILES string of the molecule is CCCCCCCC/C=C/CCCCCCCC(=O)OC(CCCCCCCCC)CCCCCCCC(=O)OCCOCCOCCOCCO. The summed E-state index contributed by atoms with van der Waals surface area (Å²) < 4.78 is 27.2. The van der Waals surface area contributed by atoms with Gasteiger partial charge in [-0.2, -0.15) is 0 Å². The second-order valence-electron chi connectivity index (χ2n) is 14.4. The molecular weight excluding hydrogens is 656 g/mol. The first-order chi connectivity index (χ1) is 25.6. The van der Waals surface area contributed by atoms with E-state index in [1.165, 1.54) is 109 Å². The second kappa shape index (κ2) is 43.9. The minimum absolute atomic E-state index is 0.0109. The van der Waals surface area contributed by atoms with Crippen LogP contribution in [0.1, 0.15) is 200 Å². The molecule has 308 valence electrons. The van der Waals surface area contributed by atoms with Gasteiger partial charge >= 0.3 is 11.9 Å². The molecule has 0 bridgehead atoms. The molecule has 1 atom stereocenters. The Balaban J connectivity index is 4.00. The average molecular weight is 741 g/mol. The Morgan fingerprint density at radius 1 is 0.462 bits per heavy atom. The number of carbonyl (C=O) groups excluding carboxylic acids is 2. The van der Waals surface area contributed by atoms with Crippen molar-refractivity contribution in [1.82, 2.24) is 0 Å². The van der Waals surface area contributed by atoms with Crippen LogP contribution in [0.4, 0.5) is 0 Å². The summed E-state index contributed by atoms with van der Waals surface area (Å²) in [7, 11) is 0. The summed E-state index contributed by atoms with van der Waals surface area (Å²) in [5.41, 5.74) is 0. The Hall–Kier alpha value is -1.48. The average Bonchev–Trinajstić information content (AvgIpc) is 3.14. The number of rotatable bonds is 43. The number of hydrogen-bond donors (Lipinski definition) is 1. The lowest BCUT2D eigenvalue weighted by Crippen LogP contribution is -2.18. The molecule has 0 rings (SSSR count). The van der Waals surface area contributed by atoms with Gasteiger partial charge in [0, 0.05) is 12.8 Å². The number of hydrogen-bond acceptors (Lipinski definition) is 8. The van der Waals surface area contributed by atoms with Gasteiger partial charge in [0.25, 0.3) is 0 Å². The van der Waals surface area contributed by atoms with Gasteiger partial charge in [-0.05, 0) is 64.2 Å². The van der Waals surface area contributed by atoms with Gasteiger partial charge in [0.15, 0.2) is 0 Å². The van der Waals surface area contributed by atoms with E-state index < -0.39 is 0 Å². The van der Waals surface area contributed by atoms with Crippen LogP contribution in [0.2, 0.25) is 0 Å². The molecule has 0 radical (unpaired) electrons. The van der Waals surface area contributed by atoms with E-state index in [1.54, 1.807) is 0 Å². The summed E-state index contributed by atoms with van der Waals surface area (Å²) in [4.78, 5) is 24.7. The highest BCUT2D eigenvalue weighted by Gasteiger charge is 2.14. The first-order valence-corrected chi connectivity index (χ1v) is 22.0. The van der Waals surface area contributed by atoms with Crippen LogP contribution in [0.15, 0.2) is 12.2 Å².